The average Bonchev–Trinajstić information content (AvgIpc) is 2.60. The highest BCUT2D eigenvalue weighted by atomic mass is 32.2. The molecule has 0 bridgehead atoms. The first kappa shape index (κ1) is 30.4. The zero-order valence-corrected chi connectivity index (χ0v) is 17.6. The molecule has 27 heavy (non-hydrogen) atoms. The molecule has 0 aromatic rings. The number of hydrogen-bond acceptors (Lipinski definition) is 6. The average molecular weight is 412 g/mol. The van der Waals surface area contributed by atoms with Gasteiger partial charge in [-0.1, -0.05) is 72.1 Å². The van der Waals surface area contributed by atoms with Crippen LogP contribution in [-0.4, -0.2) is 36.3 Å². The Kier molecular flexibility index (Phi) is 27.8. The SMILES string of the molecule is CCC(=O)O.CCCCCCCCCCCC(=O)OC(=O)CC.O=S([O-])O. The maximum absolute atomic E-state index is 11.2. The number of carbonyl (C=O) groups is 3. The van der Waals surface area contributed by atoms with Crippen molar-refractivity contribution in [2.45, 2.75) is 97.8 Å². The van der Waals surface area contributed by atoms with Crippen molar-refractivity contribution in [3.05, 3.63) is 0 Å². The van der Waals surface area contributed by atoms with Crippen LogP contribution in [0.1, 0.15) is 97.8 Å². The summed E-state index contributed by atoms with van der Waals surface area (Å²) in [4.78, 5) is 31.4. The van der Waals surface area contributed by atoms with Gasteiger partial charge in [0.05, 0.1) is 11.4 Å². The van der Waals surface area contributed by atoms with Gasteiger partial charge in [0.25, 0.3) is 0 Å². The second-order valence-corrected chi connectivity index (χ2v) is 6.18. The van der Waals surface area contributed by atoms with Gasteiger partial charge in [-0.15, -0.1) is 0 Å². The molecule has 0 fully saturated rings. The minimum atomic E-state index is -2.86. The number of carbonyl (C=O) groups excluding carboxylic acids is 2. The largest absolute Gasteiger partial charge is 0.750 e. The van der Waals surface area contributed by atoms with E-state index in [0.717, 1.165) is 12.8 Å². The predicted molar refractivity (Wildman–Crippen MR) is 103 cm³/mol. The summed E-state index contributed by atoms with van der Waals surface area (Å²) in [5.41, 5.74) is 0. The van der Waals surface area contributed by atoms with Crippen molar-refractivity contribution in [2.24, 2.45) is 0 Å². The number of unbranched alkanes of at least 4 members (excludes halogenated alkanes) is 8. The molecule has 0 amide bonds. The Labute approximate surface area is 165 Å². The van der Waals surface area contributed by atoms with Crippen molar-refractivity contribution in [1.29, 1.82) is 0 Å². The van der Waals surface area contributed by atoms with E-state index < -0.39 is 23.3 Å². The van der Waals surface area contributed by atoms with E-state index in [-0.39, 0.29) is 18.8 Å². The monoisotopic (exact) mass is 411 g/mol. The van der Waals surface area contributed by atoms with Crippen LogP contribution in [0.3, 0.4) is 0 Å². The fraction of sp³-hybridized carbons (Fsp3) is 0.833. The van der Waals surface area contributed by atoms with Crippen LogP contribution in [-0.2, 0) is 30.5 Å². The van der Waals surface area contributed by atoms with E-state index in [9.17, 15) is 14.4 Å². The molecule has 2 N–H and O–H groups in total. The van der Waals surface area contributed by atoms with E-state index >= 15 is 0 Å². The molecule has 0 saturated heterocycles. The third-order valence-corrected chi connectivity index (χ3v) is 3.30. The summed E-state index contributed by atoms with van der Waals surface area (Å²) in [5, 5.41) is 7.72. The smallest absolute Gasteiger partial charge is 0.313 e. The fourth-order valence-electron chi connectivity index (χ4n) is 1.83. The molecule has 1 unspecified atom stereocenters. The Balaban J connectivity index is -0.000000528. The minimum absolute atomic E-state index is 0.222. The number of aliphatic carboxylic acids is 1. The van der Waals surface area contributed by atoms with Gasteiger partial charge in [0.1, 0.15) is 0 Å². The summed E-state index contributed by atoms with van der Waals surface area (Å²) >= 11 is -2.86. The van der Waals surface area contributed by atoms with E-state index in [1.165, 1.54) is 44.9 Å². The van der Waals surface area contributed by atoms with Gasteiger partial charge in [0.15, 0.2) is 0 Å². The molecule has 0 aromatic carbocycles. The standard InChI is InChI=1S/C15H28O3.C3H6O2.H2O3S/c1-3-5-6-7-8-9-10-11-12-13-15(17)18-14(16)4-2;1-2-3(4)5;1-4(2)3/h3-13H2,1-2H3;2H2,1H3,(H,4,5);(H2,1,2,3)/p-1. The maximum Gasteiger partial charge on any atom is 0.313 e. The second-order valence-electron chi connectivity index (χ2n) is 5.74. The van der Waals surface area contributed by atoms with Gasteiger partial charge < -0.3 is 18.9 Å². The molecule has 0 heterocycles. The van der Waals surface area contributed by atoms with Crippen LogP contribution in [0.4, 0.5) is 0 Å². The fourth-order valence-corrected chi connectivity index (χ4v) is 1.83. The lowest BCUT2D eigenvalue weighted by atomic mass is 10.1. The topological polar surface area (TPSA) is 141 Å². The van der Waals surface area contributed by atoms with Crippen LogP contribution in [0.15, 0.2) is 0 Å². The van der Waals surface area contributed by atoms with Gasteiger partial charge in [-0.2, -0.15) is 0 Å². The van der Waals surface area contributed by atoms with Crippen molar-refractivity contribution >= 4 is 29.3 Å². The van der Waals surface area contributed by atoms with Crippen molar-refractivity contribution in [1.82, 2.24) is 0 Å². The van der Waals surface area contributed by atoms with Gasteiger partial charge in [-0.3, -0.25) is 14.4 Å². The van der Waals surface area contributed by atoms with Gasteiger partial charge in [-0.05, 0) is 6.42 Å². The molecule has 0 radical (unpaired) electrons. The Morgan fingerprint density at radius 3 is 1.52 bits per heavy atom. The Hall–Kier alpha value is -1.32. The van der Waals surface area contributed by atoms with Crippen molar-refractivity contribution in [3.8, 4) is 0 Å². The quantitative estimate of drug-likeness (QED) is 0.210. The minimum Gasteiger partial charge on any atom is -0.750 e. The summed E-state index contributed by atoms with van der Waals surface area (Å²) < 4.78 is 28.7. The van der Waals surface area contributed by atoms with E-state index in [1.807, 2.05) is 0 Å². The van der Waals surface area contributed by atoms with Gasteiger partial charge in [-0.25, -0.2) is 4.21 Å². The molecule has 8 nitrogen and oxygen atoms in total. The van der Waals surface area contributed by atoms with Crippen molar-refractivity contribution < 1.29 is 37.5 Å². The lowest BCUT2D eigenvalue weighted by Gasteiger charge is -2.02. The summed E-state index contributed by atoms with van der Waals surface area (Å²) in [6.07, 6.45) is 11.8. The summed E-state index contributed by atoms with van der Waals surface area (Å²) in [6.45, 7) is 5.51. The summed E-state index contributed by atoms with van der Waals surface area (Å²) in [7, 11) is 0. The first-order chi connectivity index (χ1) is 12.7. The third kappa shape index (κ3) is 40.6. The zero-order chi connectivity index (χ0) is 21.5. The number of ether oxygens (including phenoxy) is 1. The summed E-state index contributed by atoms with van der Waals surface area (Å²) in [6, 6.07) is 0. The number of carboxylic acids is 1. The lowest BCUT2D eigenvalue weighted by molar-refractivity contribution is -0.159. The van der Waals surface area contributed by atoms with Crippen molar-refractivity contribution in [2.75, 3.05) is 0 Å². The highest BCUT2D eigenvalue weighted by Crippen LogP contribution is 2.10. The van der Waals surface area contributed by atoms with Gasteiger partial charge in [0.2, 0.25) is 0 Å². The van der Waals surface area contributed by atoms with Crippen LogP contribution < -0.4 is 0 Å². The first-order valence-corrected chi connectivity index (χ1v) is 10.5. The predicted octanol–water partition coefficient (Wildman–Crippen LogP) is 4.21. The third-order valence-electron chi connectivity index (χ3n) is 3.30. The molecule has 0 aliphatic heterocycles. The van der Waals surface area contributed by atoms with Crippen LogP contribution in [0, 0.1) is 0 Å². The molecular weight excluding hydrogens is 376 g/mol. The number of carboxylic acid groups (broad SMARTS) is 1. The second kappa shape index (κ2) is 24.7. The van der Waals surface area contributed by atoms with E-state index in [4.69, 9.17) is 18.4 Å². The maximum atomic E-state index is 11.2. The number of esters is 2. The molecular formula is C18H35O8S-. The molecule has 0 aliphatic rings. The number of rotatable bonds is 12. The molecule has 0 aliphatic carbocycles. The van der Waals surface area contributed by atoms with Gasteiger partial charge >= 0.3 is 17.9 Å². The molecule has 9 heteroatoms. The van der Waals surface area contributed by atoms with Gasteiger partial charge in [0, 0.05) is 19.3 Å². The van der Waals surface area contributed by atoms with Crippen LogP contribution >= 0.6 is 0 Å². The van der Waals surface area contributed by atoms with Crippen molar-refractivity contribution in [3.63, 3.8) is 0 Å². The normalized spacial score (nSPS) is 10.6. The van der Waals surface area contributed by atoms with Crippen LogP contribution in [0.25, 0.3) is 0 Å². The molecule has 1 atom stereocenters. The molecule has 0 spiro atoms. The Morgan fingerprint density at radius 2 is 1.19 bits per heavy atom. The van der Waals surface area contributed by atoms with E-state index in [0.29, 0.717) is 6.42 Å². The number of hydrogen-bond donors (Lipinski definition) is 2. The highest BCUT2D eigenvalue weighted by molar-refractivity contribution is 7.73. The molecule has 162 valence electrons. The Bertz CT molecular complexity index is 395. The van der Waals surface area contributed by atoms with Crippen LogP contribution in [0.5, 0.6) is 0 Å². The molecule has 0 rings (SSSR count). The zero-order valence-electron chi connectivity index (χ0n) is 16.7. The summed E-state index contributed by atoms with van der Waals surface area (Å²) in [5.74, 6) is -1.54. The Morgan fingerprint density at radius 1 is 0.815 bits per heavy atom. The van der Waals surface area contributed by atoms with E-state index in [1.54, 1.807) is 13.8 Å². The highest BCUT2D eigenvalue weighted by Gasteiger charge is 2.07. The first-order valence-electron chi connectivity index (χ1n) is 9.44. The van der Waals surface area contributed by atoms with Crippen LogP contribution in [0.2, 0.25) is 0 Å². The molecule has 0 aromatic heterocycles. The molecule has 0 saturated carbocycles. The van der Waals surface area contributed by atoms with E-state index in [2.05, 4.69) is 11.7 Å². The lowest BCUT2D eigenvalue weighted by Crippen LogP contribution is -2.10.